The lowest BCUT2D eigenvalue weighted by Crippen LogP contribution is -2.29. The number of allylic oxidation sites excluding steroid dienone is 21. The summed E-state index contributed by atoms with van der Waals surface area (Å²) in [5.74, 6) is -1.25. The van der Waals surface area contributed by atoms with Gasteiger partial charge in [-0.1, -0.05) is 148 Å². The fourth-order valence-corrected chi connectivity index (χ4v) is 5.48. The van der Waals surface area contributed by atoms with E-state index in [-0.39, 0.29) is 12.8 Å². The van der Waals surface area contributed by atoms with Crippen LogP contribution in [0.3, 0.4) is 0 Å². The molecule has 336 valence electrons. The summed E-state index contributed by atoms with van der Waals surface area (Å²) < 4.78 is 32.5. The Kier molecular flexibility index (Phi) is 39.1. The van der Waals surface area contributed by atoms with Gasteiger partial charge in [-0.15, -0.1) is 0 Å². The summed E-state index contributed by atoms with van der Waals surface area (Å²) in [6.07, 6.45) is 51.8. The molecule has 0 aliphatic rings. The van der Waals surface area contributed by atoms with Gasteiger partial charge >= 0.3 is 19.8 Å². The van der Waals surface area contributed by atoms with E-state index in [0.29, 0.717) is 25.7 Å². The largest absolute Gasteiger partial charge is 0.472 e. The quantitative estimate of drug-likeness (QED) is 0.0203. The molecule has 4 atom stereocenters. The van der Waals surface area contributed by atoms with Crippen LogP contribution >= 0.6 is 7.82 Å². The Morgan fingerprint density at radius 1 is 0.567 bits per heavy atom. The number of carbonyl (C=O) groups is 2. The summed E-state index contributed by atoms with van der Waals surface area (Å²) in [4.78, 5) is 35.0. The molecule has 0 fully saturated rings. The van der Waals surface area contributed by atoms with E-state index in [4.69, 9.17) is 19.1 Å². The third-order valence-corrected chi connectivity index (χ3v) is 8.87. The molecule has 12 heteroatoms. The van der Waals surface area contributed by atoms with Crippen LogP contribution in [0, 0.1) is 0 Å². The van der Waals surface area contributed by atoms with Gasteiger partial charge in [0.25, 0.3) is 0 Å². The second-order valence-corrected chi connectivity index (χ2v) is 14.9. The number of rotatable bonds is 37. The Morgan fingerprint density at radius 3 is 1.50 bits per heavy atom. The first-order valence-corrected chi connectivity index (χ1v) is 22.7. The number of aliphatic hydroxyl groups is 3. The fourth-order valence-electron chi connectivity index (χ4n) is 4.69. The lowest BCUT2D eigenvalue weighted by molar-refractivity contribution is -0.161. The zero-order valence-corrected chi connectivity index (χ0v) is 36.9. The average Bonchev–Trinajstić information content (AvgIpc) is 3.23. The van der Waals surface area contributed by atoms with Gasteiger partial charge in [-0.05, 0) is 83.5 Å². The van der Waals surface area contributed by atoms with Crippen LogP contribution in [0.15, 0.2) is 134 Å². The second-order valence-electron chi connectivity index (χ2n) is 13.4. The number of aliphatic hydroxyl groups excluding tert-OH is 3. The maximum Gasteiger partial charge on any atom is 0.472 e. The Bertz CT molecular complexity index is 1470. The molecule has 0 heterocycles. The molecule has 0 spiro atoms. The summed E-state index contributed by atoms with van der Waals surface area (Å²) in [6.45, 7) is 1.80. The number of carbonyl (C=O) groups excluding carboxylic acids is 2. The highest BCUT2D eigenvalue weighted by Crippen LogP contribution is 2.43. The summed E-state index contributed by atoms with van der Waals surface area (Å²) in [7, 11) is -4.70. The molecule has 0 bridgehead atoms. The van der Waals surface area contributed by atoms with E-state index in [1.165, 1.54) is 0 Å². The van der Waals surface area contributed by atoms with Crippen molar-refractivity contribution < 1.29 is 52.9 Å². The first-order valence-electron chi connectivity index (χ1n) is 21.3. The van der Waals surface area contributed by atoms with E-state index >= 15 is 0 Å². The van der Waals surface area contributed by atoms with Gasteiger partial charge < -0.3 is 29.7 Å². The predicted octanol–water partition coefficient (Wildman–Crippen LogP) is 10.3. The van der Waals surface area contributed by atoms with Crippen LogP contribution in [0.25, 0.3) is 0 Å². The minimum absolute atomic E-state index is 0.00884. The fraction of sp³-hybridized carbons (Fsp3) is 0.500. The molecule has 0 aromatic rings. The van der Waals surface area contributed by atoms with Gasteiger partial charge in [0.05, 0.1) is 25.9 Å². The molecule has 4 N–H and O–H groups in total. The van der Waals surface area contributed by atoms with Crippen molar-refractivity contribution in [2.24, 2.45) is 0 Å². The molecule has 0 aromatic heterocycles. The van der Waals surface area contributed by atoms with Gasteiger partial charge in [0.1, 0.15) is 12.7 Å². The number of phosphoric ester groups is 1. The van der Waals surface area contributed by atoms with Gasteiger partial charge in [0.15, 0.2) is 6.10 Å². The number of ether oxygens (including phenoxy) is 2. The van der Waals surface area contributed by atoms with Crippen LogP contribution in [-0.4, -0.2) is 76.9 Å². The van der Waals surface area contributed by atoms with Crippen molar-refractivity contribution in [1.29, 1.82) is 0 Å². The molecular weight excluding hydrogens is 783 g/mol. The van der Waals surface area contributed by atoms with Crippen LogP contribution < -0.4 is 0 Å². The zero-order valence-electron chi connectivity index (χ0n) is 36.0. The number of phosphoric acid groups is 1. The van der Waals surface area contributed by atoms with Gasteiger partial charge in [0.2, 0.25) is 0 Å². The van der Waals surface area contributed by atoms with E-state index in [1.54, 1.807) is 12.2 Å². The van der Waals surface area contributed by atoms with Crippen LogP contribution in [0.2, 0.25) is 0 Å². The van der Waals surface area contributed by atoms with Crippen molar-refractivity contribution >= 4 is 19.8 Å². The molecule has 0 amide bonds. The first kappa shape index (κ1) is 56.1. The SMILES string of the molecule is CC/C=C\C/C=C\C/C=C\C/C=C\C=C\C(O)CCCC(=O)OC[C@H](COP(=O)(O)OC[C@@H](O)CO)OC(=O)CC/C=C\C/C=C\C/C=C\C/C=C\C/C=C\C/C=C\CC. The van der Waals surface area contributed by atoms with E-state index in [9.17, 15) is 29.3 Å². The van der Waals surface area contributed by atoms with Gasteiger partial charge in [-0.3, -0.25) is 18.6 Å². The van der Waals surface area contributed by atoms with Crippen LogP contribution in [-0.2, 0) is 32.7 Å². The molecular formula is C48H73O11P. The Balaban J connectivity index is 4.66. The van der Waals surface area contributed by atoms with Crippen molar-refractivity contribution in [3.05, 3.63) is 134 Å². The molecule has 0 saturated heterocycles. The average molecular weight is 857 g/mol. The van der Waals surface area contributed by atoms with Crippen molar-refractivity contribution in [1.82, 2.24) is 0 Å². The predicted molar refractivity (Wildman–Crippen MR) is 243 cm³/mol. The van der Waals surface area contributed by atoms with Crippen molar-refractivity contribution in [3.63, 3.8) is 0 Å². The van der Waals surface area contributed by atoms with E-state index in [1.807, 2.05) is 30.4 Å². The number of hydrogen-bond acceptors (Lipinski definition) is 10. The Labute approximate surface area is 360 Å². The van der Waals surface area contributed by atoms with Crippen molar-refractivity contribution in [3.8, 4) is 0 Å². The highest BCUT2D eigenvalue weighted by Gasteiger charge is 2.27. The second kappa shape index (κ2) is 41.8. The minimum Gasteiger partial charge on any atom is -0.462 e. The number of hydrogen-bond donors (Lipinski definition) is 4. The zero-order chi connectivity index (χ0) is 44.2. The Hall–Kier alpha value is -3.93. The number of esters is 2. The monoisotopic (exact) mass is 856 g/mol. The highest BCUT2D eigenvalue weighted by molar-refractivity contribution is 7.47. The van der Waals surface area contributed by atoms with Gasteiger partial charge in [-0.25, -0.2) is 4.57 Å². The third kappa shape index (κ3) is 40.8. The normalized spacial score (nSPS) is 15.6. The van der Waals surface area contributed by atoms with E-state index in [2.05, 4.69) is 110 Å². The smallest absolute Gasteiger partial charge is 0.462 e. The minimum atomic E-state index is -4.70. The van der Waals surface area contributed by atoms with E-state index in [0.717, 1.165) is 57.8 Å². The molecule has 0 aromatic carbocycles. The summed E-state index contributed by atoms with van der Waals surface area (Å²) in [6, 6.07) is 0. The highest BCUT2D eigenvalue weighted by atomic mass is 31.2. The maximum absolute atomic E-state index is 12.6. The molecule has 0 aliphatic heterocycles. The van der Waals surface area contributed by atoms with Crippen LogP contribution in [0.4, 0.5) is 0 Å². The summed E-state index contributed by atoms with van der Waals surface area (Å²) in [5, 5.41) is 28.6. The topological polar surface area (TPSA) is 169 Å². The molecule has 0 radical (unpaired) electrons. The molecule has 0 aliphatic carbocycles. The molecule has 0 saturated carbocycles. The van der Waals surface area contributed by atoms with Crippen LogP contribution in [0.1, 0.15) is 110 Å². The van der Waals surface area contributed by atoms with Gasteiger partial charge in [0, 0.05) is 12.8 Å². The summed E-state index contributed by atoms with van der Waals surface area (Å²) in [5.41, 5.74) is 0. The molecule has 0 rings (SSSR count). The Morgan fingerprint density at radius 2 is 1.02 bits per heavy atom. The first-order chi connectivity index (χ1) is 29.1. The third-order valence-electron chi connectivity index (χ3n) is 7.92. The molecule has 2 unspecified atom stereocenters. The maximum atomic E-state index is 12.6. The van der Waals surface area contributed by atoms with Crippen LogP contribution in [0.5, 0.6) is 0 Å². The molecule has 60 heavy (non-hydrogen) atoms. The lowest BCUT2D eigenvalue weighted by atomic mass is 10.1. The van der Waals surface area contributed by atoms with Gasteiger partial charge in [-0.2, -0.15) is 0 Å². The van der Waals surface area contributed by atoms with E-state index < -0.39 is 64.5 Å². The summed E-state index contributed by atoms with van der Waals surface area (Å²) >= 11 is 0. The molecule has 11 nitrogen and oxygen atoms in total. The standard InChI is InChI=1S/C48H73O11P/c1-3-5-7-9-11-13-15-17-18-19-20-21-22-24-26-28-30-32-34-38-48(53)59-46(43-58-60(54,55)57-41-45(51)40-49)42-56-47(52)39-35-37-44(50)36-33-31-29-27-25-23-16-14-12-10-8-6-4-2/h5-8,11-14,17-18,20-21,23-26,29-33,36,44-46,49-51H,3-4,9-10,15-16,19,22,27-28,34-35,37-43H2,1-2H3,(H,54,55)/b7-5-,8-6-,13-11-,14-12-,18-17-,21-20-,25-23-,26-24-,31-29-,32-30-,36-33+/t44?,45-,46+/m0/s1. The lowest BCUT2D eigenvalue weighted by Gasteiger charge is -2.20. The van der Waals surface area contributed by atoms with Crippen molar-refractivity contribution in [2.75, 3.05) is 26.4 Å². The van der Waals surface area contributed by atoms with Crippen molar-refractivity contribution in [2.45, 2.75) is 128 Å².